The van der Waals surface area contributed by atoms with Gasteiger partial charge in [0, 0.05) is 16.2 Å². The molecule has 3 N–H and O–H groups in total. The summed E-state index contributed by atoms with van der Waals surface area (Å²) in [6, 6.07) is 11.4. The lowest BCUT2D eigenvalue weighted by Gasteiger charge is -2.06. The normalized spacial score (nSPS) is 10.2. The summed E-state index contributed by atoms with van der Waals surface area (Å²) in [4.78, 5) is 5.50. The van der Waals surface area contributed by atoms with Gasteiger partial charge in [-0.2, -0.15) is 0 Å². The Morgan fingerprint density at radius 3 is 2.53 bits per heavy atom. The number of nitrogen functional groups attached to an aromatic ring is 1. The SMILES string of the molecule is COc1ccc(Sc2cc(C(=N)N)cc(C)n2)cc1. The molecule has 0 fully saturated rings. The summed E-state index contributed by atoms with van der Waals surface area (Å²) < 4.78 is 5.12. The van der Waals surface area contributed by atoms with Crippen LogP contribution in [-0.4, -0.2) is 17.9 Å². The van der Waals surface area contributed by atoms with Crippen LogP contribution in [0.3, 0.4) is 0 Å². The van der Waals surface area contributed by atoms with E-state index in [1.54, 1.807) is 13.2 Å². The van der Waals surface area contributed by atoms with Crippen LogP contribution >= 0.6 is 11.8 Å². The van der Waals surface area contributed by atoms with Crippen molar-refractivity contribution >= 4 is 17.6 Å². The molecule has 0 aliphatic heterocycles. The van der Waals surface area contributed by atoms with E-state index in [4.69, 9.17) is 15.9 Å². The van der Waals surface area contributed by atoms with Gasteiger partial charge in [-0.25, -0.2) is 4.98 Å². The maximum absolute atomic E-state index is 7.49. The number of pyridine rings is 1. The van der Waals surface area contributed by atoms with Gasteiger partial charge in [0.05, 0.1) is 7.11 Å². The fraction of sp³-hybridized carbons (Fsp3) is 0.143. The number of nitrogens with two attached hydrogens (primary N) is 1. The third-order valence-corrected chi connectivity index (χ3v) is 3.45. The van der Waals surface area contributed by atoms with Crippen LogP contribution in [0, 0.1) is 12.3 Å². The molecule has 2 aromatic rings. The minimum absolute atomic E-state index is 0.0575. The van der Waals surface area contributed by atoms with Crippen molar-refractivity contribution in [3.8, 4) is 5.75 Å². The number of amidine groups is 1. The maximum Gasteiger partial charge on any atom is 0.122 e. The number of hydrogen-bond acceptors (Lipinski definition) is 4. The van der Waals surface area contributed by atoms with Crippen molar-refractivity contribution in [3.05, 3.63) is 47.7 Å². The highest BCUT2D eigenvalue weighted by Crippen LogP contribution is 2.28. The van der Waals surface area contributed by atoms with E-state index >= 15 is 0 Å². The lowest BCUT2D eigenvalue weighted by molar-refractivity contribution is 0.414. The Kier molecular flexibility index (Phi) is 4.06. The maximum atomic E-state index is 7.49. The van der Waals surface area contributed by atoms with E-state index in [-0.39, 0.29) is 5.84 Å². The number of hydrogen-bond donors (Lipinski definition) is 2. The van der Waals surface area contributed by atoms with E-state index in [9.17, 15) is 0 Å². The van der Waals surface area contributed by atoms with Crippen molar-refractivity contribution in [1.82, 2.24) is 4.98 Å². The lowest BCUT2D eigenvalue weighted by atomic mass is 10.2. The van der Waals surface area contributed by atoms with Crippen LogP contribution in [0.4, 0.5) is 0 Å². The average Bonchev–Trinajstić information content (AvgIpc) is 2.39. The molecule has 98 valence electrons. The highest BCUT2D eigenvalue weighted by Gasteiger charge is 2.05. The average molecular weight is 273 g/mol. The van der Waals surface area contributed by atoms with Crippen molar-refractivity contribution in [3.63, 3.8) is 0 Å². The van der Waals surface area contributed by atoms with Gasteiger partial charge in [0.2, 0.25) is 0 Å². The van der Waals surface area contributed by atoms with E-state index in [1.165, 1.54) is 11.8 Å². The molecule has 0 atom stereocenters. The summed E-state index contributed by atoms with van der Waals surface area (Å²) in [6.45, 7) is 1.89. The van der Waals surface area contributed by atoms with Gasteiger partial charge >= 0.3 is 0 Å². The third-order valence-electron chi connectivity index (χ3n) is 2.52. The predicted molar refractivity (Wildman–Crippen MR) is 77.1 cm³/mol. The number of aromatic nitrogens is 1. The Bertz CT molecular complexity index is 596. The van der Waals surface area contributed by atoms with Gasteiger partial charge in [0.25, 0.3) is 0 Å². The van der Waals surface area contributed by atoms with Crippen LogP contribution in [0.1, 0.15) is 11.3 Å². The Labute approximate surface area is 116 Å². The van der Waals surface area contributed by atoms with Crippen LogP contribution in [0.25, 0.3) is 0 Å². The standard InChI is InChI=1S/C14H15N3OS/c1-9-7-10(14(15)16)8-13(17-9)19-12-5-3-11(18-2)4-6-12/h3-8H,1-2H3,(H3,15,16). The molecule has 0 saturated heterocycles. The molecule has 19 heavy (non-hydrogen) atoms. The first kappa shape index (κ1) is 13.4. The fourth-order valence-electron chi connectivity index (χ4n) is 1.61. The molecule has 0 radical (unpaired) electrons. The largest absolute Gasteiger partial charge is 0.497 e. The van der Waals surface area contributed by atoms with E-state index in [0.717, 1.165) is 21.4 Å². The molecule has 0 bridgehead atoms. The van der Waals surface area contributed by atoms with Crippen molar-refractivity contribution in [2.75, 3.05) is 7.11 Å². The molecular formula is C14H15N3OS. The second-order valence-corrected chi connectivity index (χ2v) is 5.12. The number of nitrogens with zero attached hydrogens (tertiary/aromatic N) is 1. The van der Waals surface area contributed by atoms with E-state index in [2.05, 4.69) is 4.98 Å². The minimum atomic E-state index is 0.0575. The summed E-state index contributed by atoms with van der Waals surface area (Å²) in [5.41, 5.74) is 7.06. The molecule has 1 heterocycles. The molecule has 0 saturated carbocycles. The molecule has 2 rings (SSSR count). The fourth-order valence-corrected chi connectivity index (χ4v) is 2.50. The molecule has 1 aromatic heterocycles. The molecule has 0 amide bonds. The Morgan fingerprint density at radius 1 is 1.26 bits per heavy atom. The smallest absolute Gasteiger partial charge is 0.122 e. The Balaban J connectivity index is 2.24. The Morgan fingerprint density at radius 2 is 1.95 bits per heavy atom. The zero-order valence-corrected chi connectivity index (χ0v) is 11.6. The number of aryl methyl sites for hydroxylation is 1. The minimum Gasteiger partial charge on any atom is -0.497 e. The molecule has 5 heteroatoms. The first-order valence-corrected chi connectivity index (χ1v) is 6.55. The molecule has 1 aromatic carbocycles. The van der Waals surface area contributed by atoms with Gasteiger partial charge in [-0.05, 0) is 43.3 Å². The lowest BCUT2D eigenvalue weighted by Crippen LogP contribution is -2.11. The third kappa shape index (κ3) is 3.48. The van der Waals surface area contributed by atoms with Gasteiger partial charge in [0.1, 0.15) is 16.6 Å². The molecule has 0 aliphatic carbocycles. The van der Waals surface area contributed by atoms with Gasteiger partial charge in [0.15, 0.2) is 0 Å². The van der Waals surface area contributed by atoms with Crippen LogP contribution < -0.4 is 10.5 Å². The highest BCUT2D eigenvalue weighted by atomic mass is 32.2. The van der Waals surface area contributed by atoms with Crippen molar-refractivity contribution in [1.29, 1.82) is 5.41 Å². The summed E-state index contributed by atoms with van der Waals surface area (Å²) in [6.07, 6.45) is 0. The number of ether oxygens (including phenoxy) is 1. The predicted octanol–water partition coefficient (Wildman–Crippen LogP) is 2.83. The number of benzene rings is 1. The van der Waals surface area contributed by atoms with E-state index < -0.39 is 0 Å². The summed E-state index contributed by atoms with van der Waals surface area (Å²) >= 11 is 1.53. The molecule has 0 aliphatic rings. The first-order valence-electron chi connectivity index (χ1n) is 5.73. The van der Waals surface area contributed by atoms with Gasteiger partial charge in [-0.15, -0.1) is 0 Å². The number of rotatable bonds is 4. The Hall–Kier alpha value is -2.01. The molecule has 0 spiro atoms. The van der Waals surface area contributed by atoms with Gasteiger partial charge < -0.3 is 10.5 Å². The number of nitrogens with one attached hydrogen (secondary N) is 1. The molecular weight excluding hydrogens is 258 g/mol. The summed E-state index contributed by atoms with van der Waals surface area (Å²) in [5.74, 6) is 0.882. The topological polar surface area (TPSA) is 72.0 Å². The van der Waals surface area contributed by atoms with Crippen LogP contribution in [0.2, 0.25) is 0 Å². The summed E-state index contributed by atoms with van der Waals surface area (Å²) in [7, 11) is 1.64. The van der Waals surface area contributed by atoms with Crippen molar-refractivity contribution in [2.45, 2.75) is 16.8 Å². The second-order valence-electron chi connectivity index (χ2n) is 4.03. The van der Waals surface area contributed by atoms with E-state index in [0.29, 0.717) is 5.56 Å². The first-order chi connectivity index (χ1) is 9.08. The van der Waals surface area contributed by atoms with Crippen LogP contribution in [0.15, 0.2) is 46.3 Å². The van der Waals surface area contributed by atoms with E-state index in [1.807, 2.05) is 37.3 Å². The van der Waals surface area contributed by atoms with Gasteiger partial charge in [-0.3, -0.25) is 5.41 Å². The quantitative estimate of drug-likeness (QED) is 0.663. The van der Waals surface area contributed by atoms with Crippen molar-refractivity contribution in [2.24, 2.45) is 5.73 Å². The van der Waals surface area contributed by atoms with Gasteiger partial charge in [-0.1, -0.05) is 11.8 Å². The van der Waals surface area contributed by atoms with Crippen LogP contribution in [0.5, 0.6) is 5.75 Å². The van der Waals surface area contributed by atoms with Crippen LogP contribution in [-0.2, 0) is 0 Å². The monoisotopic (exact) mass is 273 g/mol. The zero-order chi connectivity index (χ0) is 13.8. The highest BCUT2D eigenvalue weighted by molar-refractivity contribution is 7.99. The second kappa shape index (κ2) is 5.75. The number of methoxy groups -OCH3 is 1. The summed E-state index contributed by atoms with van der Waals surface area (Å²) in [5, 5.41) is 8.31. The van der Waals surface area contributed by atoms with Crippen molar-refractivity contribution < 1.29 is 4.74 Å². The zero-order valence-electron chi connectivity index (χ0n) is 10.8. The molecule has 0 unspecified atom stereocenters. The molecule has 4 nitrogen and oxygen atoms in total.